The van der Waals surface area contributed by atoms with Crippen LogP contribution in [0.3, 0.4) is 0 Å². The summed E-state index contributed by atoms with van der Waals surface area (Å²) < 4.78 is 5.53. The third-order valence-corrected chi connectivity index (χ3v) is 5.03. The van der Waals surface area contributed by atoms with Crippen molar-refractivity contribution in [3.8, 4) is 0 Å². The third kappa shape index (κ3) is 5.05. The Bertz CT molecular complexity index is 598. The zero-order valence-electron chi connectivity index (χ0n) is 16.4. The minimum absolute atomic E-state index is 0.0551. The van der Waals surface area contributed by atoms with Crippen LogP contribution in [0.25, 0.3) is 0 Å². The highest BCUT2D eigenvalue weighted by Gasteiger charge is 2.37. The SMILES string of the molecule is CC1(C)CC(Nc2cc([C@@H]3CCOC3)nc(NCCO)n2)CC(C)(C)N1. The van der Waals surface area contributed by atoms with E-state index in [2.05, 4.69) is 59.7 Å². The molecule has 1 aromatic rings. The molecule has 1 atom stereocenters. The van der Waals surface area contributed by atoms with Gasteiger partial charge in [-0.2, -0.15) is 4.98 Å². The molecule has 0 unspecified atom stereocenters. The van der Waals surface area contributed by atoms with Gasteiger partial charge in [-0.25, -0.2) is 4.98 Å². The molecular weight excluding hydrogens is 330 g/mol. The summed E-state index contributed by atoms with van der Waals surface area (Å²) in [6, 6.07) is 2.40. The average molecular weight is 364 g/mol. The Hall–Kier alpha value is -1.44. The Labute approximate surface area is 156 Å². The zero-order valence-corrected chi connectivity index (χ0v) is 16.4. The van der Waals surface area contributed by atoms with Crippen LogP contribution in [0.4, 0.5) is 11.8 Å². The fourth-order valence-corrected chi connectivity index (χ4v) is 4.40. The van der Waals surface area contributed by atoms with Gasteiger partial charge in [-0.05, 0) is 47.0 Å². The van der Waals surface area contributed by atoms with Gasteiger partial charge in [-0.1, -0.05) is 0 Å². The molecule has 2 fully saturated rings. The van der Waals surface area contributed by atoms with Crippen molar-refractivity contribution in [1.29, 1.82) is 0 Å². The van der Waals surface area contributed by atoms with E-state index in [-0.39, 0.29) is 17.7 Å². The van der Waals surface area contributed by atoms with Crippen LogP contribution in [-0.2, 0) is 4.74 Å². The van der Waals surface area contributed by atoms with E-state index >= 15 is 0 Å². The van der Waals surface area contributed by atoms with Gasteiger partial charge in [0.05, 0.1) is 18.9 Å². The van der Waals surface area contributed by atoms with E-state index in [0.717, 1.165) is 37.4 Å². The summed E-state index contributed by atoms with van der Waals surface area (Å²) in [5.74, 6) is 1.73. The lowest BCUT2D eigenvalue weighted by molar-refractivity contribution is 0.170. The van der Waals surface area contributed by atoms with E-state index in [0.29, 0.717) is 31.1 Å². The standard InChI is InChI=1S/C19H33N5O2/c1-18(2)10-14(11-19(3,4)24-18)21-16-9-15(13-5-8-26-12-13)22-17(23-16)20-6-7-25/h9,13-14,24-25H,5-8,10-12H2,1-4H3,(H2,20,21,22,23)/t13-/m1/s1. The lowest BCUT2D eigenvalue weighted by Crippen LogP contribution is -2.60. The molecule has 2 aliphatic rings. The maximum atomic E-state index is 9.09. The summed E-state index contributed by atoms with van der Waals surface area (Å²) in [4.78, 5) is 9.26. The summed E-state index contributed by atoms with van der Waals surface area (Å²) in [5, 5.41) is 19.5. The zero-order chi connectivity index (χ0) is 18.8. The van der Waals surface area contributed by atoms with Crippen molar-refractivity contribution in [2.75, 3.05) is 37.0 Å². The molecule has 0 amide bonds. The van der Waals surface area contributed by atoms with Gasteiger partial charge >= 0.3 is 0 Å². The van der Waals surface area contributed by atoms with Gasteiger partial charge in [-0.3, -0.25) is 0 Å². The number of nitrogens with one attached hydrogen (secondary N) is 3. The highest BCUT2D eigenvalue weighted by Crippen LogP contribution is 2.31. The molecule has 0 saturated carbocycles. The van der Waals surface area contributed by atoms with Gasteiger partial charge in [0.2, 0.25) is 5.95 Å². The Morgan fingerprint density at radius 1 is 1.23 bits per heavy atom. The normalized spacial score (nSPS) is 25.2. The van der Waals surface area contributed by atoms with Gasteiger partial charge in [0.15, 0.2) is 0 Å². The number of aliphatic hydroxyl groups excluding tert-OH is 1. The van der Waals surface area contributed by atoms with E-state index in [4.69, 9.17) is 9.84 Å². The van der Waals surface area contributed by atoms with Crippen LogP contribution in [0, 0.1) is 0 Å². The van der Waals surface area contributed by atoms with Crippen molar-refractivity contribution in [3.05, 3.63) is 11.8 Å². The van der Waals surface area contributed by atoms with Crippen molar-refractivity contribution < 1.29 is 9.84 Å². The molecule has 1 aromatic heterocycles. The van der Waals surface area contributed by atoms with Crippen molar-refractivity contribution in [3.63, 3.8) is 0 Å². The first-order valence-corrected chi connectivity index (χ1v) is 9.64. The molecule has 146 valence electrons. The molecule has 0 bridgehead atoms. The Kier molecular flexibility index (Phi) is 5.69. The fraction of sp³-hybridized carbons (Fsp3) is 0.789. The number of nitrogens with zero attached hydrogens (tertiary/aromatic N) is 2. The molecule has 2 saturated heterocycles. The second-order valence-corrected chi connectivity index (χ2v) is 8.85. The Morgan fingerprint density at radius 3 is 2.58 bits per heavy atom. The minimum Gasteiger partial charge on any atom is -0.395 e. The number of rotatable bonds is 6. The number of anilines is 2. The maximum Gasteiger partial charge on any atom is 0.224 e. The fourth-order valence-electron chi connectivity index (χ4n) is 4.40. The first kappa shape index (κ1) is 19.3. The lowest BCUT2D eigenvalue weighted by Gasteiger charge is -2.46. The predicted octanol–water partition coefficient (Wildman–Crippen LogP) is 2.11. The smallest absolute Gasteiger partial charge is 0.224 e. The van der Waals surface area contributed by atoms with Crippen LogP contribution < -0.4 is 16.0 Å². The van der Waals surface area contributed by atoms with Crippen LogP contribution in [0.1, 0.15) is 58.6 Å². The molecule has 0 spiro atoms. The number of piperidine rings is 1. The Balaban J connectivity index is 1.80. The van der Waals surface area contributed by atoms with Crippen LogP contribution in [0.15, 0.2) is 6.07 Å². The summed E-state index contributed by atoms with van der Waals surface area (Å²) in [7, 11) is 0. The molecule has 3 rings (SSSR count). The number of hydrogen-bond donors (Lipinski definition) is 4. The van der Waals surface area contributed by atoms with Gasteiger partial charge in [0.25, 0.3) is 0 Å². The largest absolute Gasteiger partial charge is 0.395 e. The van der Waals surface area contributed by atoms with Gasteiger partial charge in [0.1, 0.15) is 5.82 Å². The molecular formula is C19H33N5O2. The van der Waals surface area contributed by atoms with Crippen molar-refractivity contribution >= 4 is 11.8 Å². The number of aromatic nitrogens is 2. The molecule has 0 aromatic carbocycles. The number of ether oxygens (including phenoxy) is 1. The van der Waals surface area contributed by atoms with Crippen molar-refractivity contribution in [1.82, 2.24) is 15.3 Å². The predicted molar refractivity (Wildman–Crippen MR) is 104 cm³/mol. The van der Waals surface area contributed by atoms with Crippen LogP contribution in [-0.4, -0.2) is 58.6 Å². The molecule has 26 heavy (non-hydrogen) atoms. The average Bonchev–Trinajstić information content (AvgIpc) is 3.04. The molecule has 7 heteroatoms. The molecule has 4 N–H and O–H groups in total. The Morgan fingerprint density at radius 2 is 1.96 bits per heavy atom. The van der Waals surface area contributed by atoms with Gasteiger partial charge in [-0.15, -0.1) is 0 Å². The summed E-state index contributed by atoms with van der Waals surface area (Å²) >= 11 is 0. The first-order valence-electron chi connectivity index (χ1n) is 9.64. The quantitative estimate of drug-likeness (QED) is 0.615. The van der Waals surface area contributed by atoms with Crippen LogP contribution >= 0.6 is 0 Å². The molecule has 0 aliphatic carbocycles. The minimum atomic E-state index is 0.0551. The monoisotopic (exact) mass is 363 g/mol. The van der Waals surface area contributed by atoms with E-state index in [9.17, 15) is 0 Å². The van der Waals surface area contributed by atoms with E-state index < -0.39 is 0 Å². The van der Waals surface area contributed by atoms with Crippen molar-refractivity contribution in [2.45, 2.75) is 70.0 Å². The van der Waals surface area contributed by atoms with Crippen molar-refractivity contribution in [2.24, 2.45) is 0 Å². The third-order valence-electron chi connectivity index (χ3n) is 5.03. The van der Waals surface area contributed by atoms with E-state index in [1.807, 2.05) is 0 Å². The topological polar surface area (TPSA) is 91.3 Å². The summed E-state index contributed by atoms with van der Waals surface area (Å²) in [6.07, 6.45) is 3.05. The van der Waals surface area contributed by atoms with Gasteiger partial charge < -0.3 is 25.8 Å². The van der Waals surface area contributed by atoms with Crippen LogP contribution in [0.5, 0.6) is 0 Å². The molecule has 0 radical (unpaired) electrons. The highest BCUT2D eigenvalue weighted by atomic mass is 16.5. The summed E-state index contributed by atoms with van der Waals surface area (Å²) in [6.45, 7) is 11.0. The van der Waals surface area contributed by atoms with Gasteiger partial charge in [0, 0.05) is 42.3 Å². The molecule has 2 aliphatic heterocycles. The lowest BCUT2D eigenvalue weighted by atomic mass is 9.79. The van der Waals surface area contributed by atoms with E-state index in [1.54, 1.807) is 0 Å². The second kappa shape index (κ2) is 7.66. The summed E-state index contributed by atoms with van der Waals surface area (Å²) in [5.41, 5.74) is 1.16. The second-order valence-electron chi connectivity index (χ2n) is 8.85. The number of hydrogen-bond acceptors (Lipinski definition) is 7. The number of aliphatic hydroxyl groups is 1. The first-order chi connectivity index (χ1) is 12.3. The molecule has 3 heterocycles. The van der Waals surface area contributed by atoms with Crippen LogP contribution in [0.2, 0.25) is 0 Å². The maximum absolute atomic E-state index is 9.09. The molecule has 7 nitrogen and oxygen atoms in total. The van der Waals surface area contributed by atoms with E-state index in [1.165, 1.54) is 0 Å². The highest BCUT2D eigenvalue weighted by molar-refractivity contribution is 5.44.